The van der Waals surface area contributed by atoms with E-state index in [1.54, 1.807) is 0 Å². The Morgan fingerprint density at radius 2 is 2.00 bits per heavy atom. The number of hydrogen-bond acceptors (Lipinski definition) is 2. The Kier molecular flexibility index (Phi) is 4.95. The number of aliphatic carboxylic acids is 1. The first-order valence-electron chi connectivity index (χ1n) is 5.63. The summed E-state index contributed by atoms with van der Waals surface area (Å²) in [5, 5.41) is 13.0. The van der Waals surface area contributed by atoms with Crippen LogP contribution in [-0.4, -0.2) is 23.1 Å². The van der Waals surface area contributed by atoms with Crippen molar-refractivity contribution in [2.75, 3.05) is 0 Å². The molecule has 2 amide bonds. The highest BCUT2D eigenvalue weighted by Crippen LogP contribution is 2.29. The highest BCUT2D eigenvalue weighted by molar-refractivity contribution is 5.82. The van der Waals surface area contributed by atoms with Crippen molar-refractivity contribution in [2.24, 2.45) is 0 Å². The summed E-state index contributed by atoms with van der Waals surface area (Å²) < 4.78 is 37.4. The number of carboxylic acid groups (broad SMARTS) is 1. The Hall–Kier alpha value is -2.25. The molecule has 8 heteroatoms. The van der Waals surface area contributed by atoms with Crippen LogP contribution < -0.4 is 10.6 Å². The van der Waals surface area contributed by atoms with Crippen molar-refractivity contribution in [3.63, 3.8) is 0 Å². The number of halogens is 3. The van der Waals surface area contributed by atoms with Crippen LogP contribution in [0.3, 0.4) is 0 Å². The van der Waals surface area contributed by atoms with Gasteiger partial charge in [-0.1, -0.05) is 12.1 Å². The van der Waals surface area contributed by atoms with Gasteiger partial charge in [-0.2, -0.15) is 13.2 Å². The maximum absolute atomic E-state index is 12.5. The van der Waals surface area contributed by atoms with Crippen molar-refractivity contribution in [1.29, 1.82) is 0 Å². The van der Waals surface area contributed by atoms with E-state index in [1.807, 2.05) is 0 Å². The lowest BCUT2D eigenvalue weighted by atomic mass is 10.1. The fourth-order valence-corrected chi connectivity index (χ4v) is 1.35. The van der Waals surface area contributed by atoms with Crippen molar-refractivity contribution in [3.05, 3.63) is 35.4 Å². The zero-order valence-electron chi connectivity index (χ0n) is 10.5. The predicted octanol–water partition coefficient (Wildman–Crippen LogP) is 1.98. The second-order valence-electron chi connectivity index (χ2n) is 4.09. The lowest BCUT2D eigenvalue weighted by Crippen LogP contribution is -2.44. The molecule has 3 N–H and O–H groups in total. The van der Waals surface area contributed by atoms with Crippen LogP contribution in [0, 0.1) is 0 Å². The molecule has 0 aliphatic rings. The average Bonchev–Trinajstić information content (AvgIpc) is 2.35. The minimum absolute atomic E-state index is 0.137. The molecule has 1 atom stereocenters. The SMILES string of the molecule is CC(NC(=O)NCc1cccc(C(F)(F)F)c1)C(=O)O. The normalized spacial score (nSPS) is 12.6. The molecule has 20 heavy (non-hydrogen) atoms. The Balaban J connectivity index is 2.58. The summed E-state index contributed by atoms with van der Waals surface area (Å²) in [6, 6.07) is 2.65. The molecule has 0 aromatic heterocycles. The summed E-state index contributed by atoms with van der Waals surface area (Å²) in [6.45, 7) is 1.13. The smallest absolute Gasteiger partial charge is 0.416 e. The summed E-state index contributed by atoms with van der Waals surface area (Å²) in [4.78, 5) is 21.8. The minimum Gasteiger partial charge on any atom is -0.480 e. The number of carbonyl (C=O) groups excluding carboxylic acids is 1. The van der Waals surface area contributed by atoms with Gasteiger partial charge in [0.15, 0.2) is 0 Å². The largest absolute Gasteiger partial charge is 0.480 e. The molecule has 0 saturated heterocycles. The van der Waals surface area contributed by atoms with Gasteiger partial charge < -0.3 is 15.7 Å². The zero-order chi connectivity index (χ0) is 15.3. The van der Waals surface area contributed by atoms with Gasteiger partial charge in [0.05, 0.1) is 5.56 Å². The quantitative estimate of drug-likeness (QED) is 0.793. The zero-order valence-corrected chi connectivity index (χ0v) is 10.5. The Morgan fingerprint density at radius 3 is 2.55 bits per heavy atom. The molecule has 0 aliphatic heterocycles. The molecule has 5 nitrogen and oxygen atoms in total. The van der Waals surface area contributed by atoms with Crippen LogP contribution in [0.4, 0.5) is 18.0 Å². The lowest BCUT2D eigenvalue weighted by Gasteiger charge is -2.12. The van der Waals surface area contributed by atoms with E-state index in [-0.39, 0.29) is 12.1 Å². The van der Waals surface area contributed by atoms with Gasteiger partial charge in [0.25, 0.3) is 0 Å². The molecular formula is C12H13F3N2O3. The van der Waals surface area contributed by atoms with Crippen molar-refractivity contribution >= 4 is 12.0 Å². The Morgan fingerprint density at radius 1 is 1.35 bits per heavy atom. The minimum atomic E-state index is -4.45. The van der Waals surface area contributed by atoms with Crippen LogP contribution >= 0.6 is 0 Å². The van der Waals surface area contributed by atoms with Gasteiger partial charge >= 0.3 is 18.2 Å². The topological polar surface area (TPSA) is 78.4 Å². The second-order valence-corrected chi connectivity index (χ2v) is 4.09. The molecule has 0 spiro atoms. The maximum atomic E-state index is 12.5. The van der Waals surface area contributed by atoms with Gasteiger partial charge in [0.2, 0.25) is 0 Å². The van der Waals surface area contributed by atoms with Crippen LogP contribution in [0.25, 0.3) is 0 Å². The number of rotatable bonds is 4. The molecule has 0 radical (unpaired) electrons. The third kappa shape index (κ3) is 4.79. The molecule has 110 valence electrons. The van der Waals surface area contributed by atoms with Gasteiger partial charge in [-0.25, -0.2) is 4.79 Å². The van der Waals surface area contributed by atoms with Gasteiger partial charge in [0, 0.05) is 6.54 Å². The number of alkyl halides is 3. The van der Waals surface area contributed by atoms with Crippen molar-refractivity contribution in [1.82, 2.24) is 10.6 Å². The van der Waals surface area contributed by atoms with E-state index in [0.29, 0.717) is 0 Å². The van der Waals surface area contributed by atoms with Gasteiger partial charge in [-0.3, -0.25) is 4.79 Å². The molecule has 1 unspecified atom stereocenters. The second kappa shape index (κ2) is 6.27. The van der Waals surface area contributed by atoms with E-state index in [1.165, 1.54) is 19.1 Å². The molecular weight excluding hydrogens is 277 g/mol. The first-order chi connectivity index (χ1) is 9.20. The van der Waals surface area contributed by atoms with E-state index < -0.39 is 29.8 Å². The third-order valence-corrected chi connectivity index (χ3v) is 2.43. The van der Waals surface area contributed by atoms with Crippen LogP contribution in [0.5, 0.6) is 0 Å². The molecule has 0 fully saturated rings. The fraction of sp³-hybridized carbons (Fsp3) is 0.333. The van der Waals surface area contributed by atoms with E-state index in [4.69, 9.17) is 5.11 Å². The van der Waals surface area contributed by atoms with E-state index in [0.717, 1.165) is 12.1 Å². The molecule has 0 heterocycles. The van der Waals surface area contributed by atoms with Gasteiger partial charge in [0.1, 0.15) is 6.04 Å². The first-order valence-corrected chi connectivity index (χ1v) is 5.63. The molecule has 0 aliphatic carbocycles. The van der Waals surface area contributed by atoms with Gasteiger partial charge in [-0.05, 0) is 24.6 Å². The first kappa shape index (κ1) is 15.8. The number of carboxylic acids is 1. The summed E-state index contributed by atoms with van der Waals surface area (Å²) in [5.74, 6) is -1.21. The number of benzene rings is 1. The number of hydrogen-bond donors (Lipinski definition) is 3. The number of amides is 2. The predicted molar refractivity (Wildman–Crippen MR) is 63.9 cm³/mol. The molecule has 0 saturated carbocycles. The highest BCUT2D eigenvalue weighted by Gasteiger charge is 2.30. The van der Waals surface area contributed by atoms with Gasteiger partial charge in [-0.15, -0.1) is 0 Å². The summed E-state index contributed by atoms with van der Waals surface area (Å²) in [5.41, 5.74) is -0.547. The lowest BCUT2D eigenvalue weighted by molar-refractivity contribution is -0.139. The van der Waals surface area contributed by atoms with Crippen LogP contribution in [0.15, 0.2) is 24.3 Å². The molecule has 1 aromatic carbocycles. The van der Waals surface area contributed by atoms with E-state index >= 15 is 0 Å². The highest BCUT2D eigenvalue weighted by atomic mass is 19.4. The van der Waals surface area contributed by atoms with Crippen molar-refractivity contribution < 1.29 is 27.9 Å². The monoisotopic (exact) mass is 290 g/mol. The molecule has 1 aromatic rings. The number of urea groups is 1. The average molecular weight is 290 g/mol. The maximum Gasteiger partial charge on any atom is 0.416 e. The Bertz CT molecular complexity index is 503. The standard InChI is InChI=1S/C12H13F3N2O3/c1-7(10(18)19)17-11(20)16-6-8-3-2-4-9(5-8)12(13,14)15/h2-5,7H,6H2,1H3,(H,18,19)(H2,16,17,20). The number of carbonyl (C=O) groups is 2. The summed E-state index contributed by atoms with van der Waals surface area (Å²) >= 11 is 0. The van der Waals surface area contributed by atoms with Crippen LogP contribution in [-0.2, 0) is 17.5 Å². The fourth-order valence-electron chi connectivity index (χ4n) is 1.35. The van der Waals surface area contributed by atoms with Crippen molar-refractivity contribution in [2.45, 2.75) is 25.7 Å². The van der Waals surface area contributed by atoms with Crippen molar-refractivity contribution in [3.8, 4) is 0 Å². The third-order valence-electron chi connectivity index (χ3n) is 2.43. The van der Waals surface area contributed by atoms with Crippen LogP contribution in [0.2, 0.25) is 0 Å². The van der Waals surface area contributed by atoms with E-state index in [2.05, 4.69) is 10.6 Å². The molecule has 1 rings (SSSR count). The van der Waals surface area contributed by atoms with E-state index in [9.17, 15) is 22.8 Å². The summed E-state index contributed by atoms with van der Waals surface area (Å²) in [6.07, 6.45) is -4.45. The Labute approximate surface area is 112 Å². The summed E-state index contributed by atoms with van der Waals surface area (Å²) in [7, 11) is 0. The van der Waals surface area contributed by atoms with Crippen LogP contribution in [0.1, 0.15) is 18.1 Å². The molecule has 0 bridgehead atoms. The number of nitrogens with one attached hydrogen (secondary N) is 2.